The van der Waals surface area contributed by atoms with E-state index in [1.165, 1.54) is 0 Å². The van der Waals surface area contributed by atoms with E-state index >= 15 is 0 Å². The SMILES string of the molecule is C[Si](C)(C)OO[Si](=O)OO[Si](C)(C)C. The van der Waals surface area contributed by atoms with E-state index in [2.05, 4.69) is 9.15 Å². The molecular weight excluding hydrogens is 236 g/mol. The first-order valence-electron chi connectivity index (χ1n) is 4.35. The Kier molecular flexibility index (Phi) is 5.15. The topological polar surface area (TPSA) is 54.0 Å². The molecule has 0 heterocycles. The van der Waals surface area contributed by atoms with Crippen LogP contribution in [0.25, 0.3) is 0 Å². The Bertz CT molecular complexity index is 175. The molecule has 0 atom stereocenters. The van der Waals surface area contributed by atoms with Crippen LogP contribution in [0.1, 0.15) is 0 Å². The zero-order valence-corrected chi connectivity index (χ0v) is 12.5. The van der Waals surface area contributed by atoms with Crippen LogP contribution in [0.5, 0.6) is 0 Å². The maximum Gasteiger partial charge on any atom is 0.833 e. The fraction of sp³-hybridized carbons (Fsp3) is 1.00. The average molecular weight is 254 g/mol. The van der Waals surface area contributed by atoms with E-state index in [4.69, 9.17) is 9.15 Å². The van der Waals surface area contributed by atoms with Crippen LogP contribution >= 0.6 is 0 Å². The lowest BCUT2D eigenvalue weighted by atomic mass is 11.8. The Hall–Kier alpha value is -0.0294. The summed E-state index contributed by atoms with van der Waals surface area (Å²) in [6, 6.07) is 0. The van der Waals surface area contributed by atoms with Gasteiger partial charge in [0.25, 0.3) is 0 Å². The monoisotopic (exact) mass is 254 g/mol. The van der Waals surface area contributed by atoms with Crippen LogP contribution in [0.2, 0.25) is 39.3 Å². The molecule has 0 aromatic carbocycles. The van der Waals surface area contributed by atoms with Crippen molar-refractivity contribution in [1.29, 1.82) is 0 Å². The maximum absolute atomic E-state index is 11.1. The molecule has 0 amide bonds. The number of hydrogen-bond acceptors (Lipinski definition) is 5. The molecule has 5 nitrogen and oxygen atoms in total. The molecule has 0 aliphatic carbocycles. The van der Waals surface area contributed by atoms with Crippen molar-refractivity contribution in [2.24, 2.45) is 0 Å². The van der Waals surface area contributed by atoms with Crippen LogP contribution < -0.4 is 0 Å². The molecule has 0 radical (unpaired) electrons. The molecule has 0 N–H and O–H groups in total. The quantitative estimate of drug-likeness (QED) is 0.412. The fourth-order valence-corrected chi connectivity index (χ4v) is 2.90. The van der Waals surface area contributed by atoms with Gasteiger partial charge in [-0.05, 0) is 39.3 Å². The molecule has 0 aliphatic heterocycles. The normalized spacial score (nSPS) is 12.4. The Morgan fingerprint density at radius 3 is 1.29 bits per heavy atom. The van der Waals surface area contributed by atoms with Gasteiger partial charge in [-0.25, -0.2) is 0 Å². The van der Waals surface area contributed by atoms with Gasteiger partial charge in [0.2, 0.25) is 16.6 Å². The molecule has 0 spiro atoms. The second kappa shape index (κ2) is 5.16. The molecule has 8 heteroatoms. The molecular formula is C6H18O5Si3. The average Bonchev–Trinajstić information content (AvgIpc) is 1.94. The van der Waals surface area contributed by atoms with Crippen molar-refractivity contribution in [3.05, 3.63) is 0 Å². The molecule has 0 aromatic rings. The molecule has 0 unspecified atom stereocenters. The smallest absolute Gasteiger partial charge is 0.339 e. The fourth-order valence-electron chi connectivity index (χ4n) is 0.332. The van der Waals surface area contributed by atoms with E-state index in [9.17, 15) is 4.46 Å². The van der Waals surface area contributed by atoms with Crippen LogP contribution in [-0.4, -0.2) is 25.8 Å². The van der Waals surface area contributed by atoms with Gasteiger partial charge in [0, 0.05) is 0 Å². The summed E-state index contributed by atoms with van der Waals surface area (Å²) in [5.74, 6) is 0. The molecule has 0 fully saturated rings. The molecule has 84 valence electrons. The van der Waals surface area contributed by atoms with Gasteiger partial charge in [0.1, 0.15) is 0 Å². The Morgan fingerprint density at radius 2 is 1.07 bits per heavy atom. The third-order valence-corrected chi connectivity index (χ3v) is 2.66. The first-order chi connectivity index (χ1) is 6.10. The van der Waals surface area contributed by atoms with Gasteiger partial charge in [-0.1, -0.05) is 0 Å². The Labute approximate surface area is 88.3 Å². The molecule has 14 heavy (non-hydrogen) atoms. The molecule has 0 aliphatic rings. The van der Waals surface area contributed by atoms with Gasteiger partial charge in [-0.3, -0.25) is 13.6 Å². The van der Waals surface area contributed by atoms with E-state index in [0.717, 1.165) is 0 Å². The van der Waals surface area contributed by atoms with E-state index < -0.39 is 25.8 Å². The van der Waals surface area contributed by atoms with E-state index in [1.54, 1.807) is 0 Å². The highest BCUT2D eigenvalue weighted by molar-refractivity contribution is 6.70. The molecule has 0 saturated heterocycles. The van der Waals surface area contributed by atoms with Crippen molar-refractivity contribution >= 4 is 25.8 Å². The second-order valence-electron chi connectivity index (χ2n) is 4.81. The summed E-state index contributed by atoms with van der Waals surface area (Å²) in [6.45, 7) is 11.5. The number of rotatable bonds is 6. The van der Waals surface area contributed by atoms with E-state index in [-0.39, 0.29) is 0 Å². The highest BCUT2D eigenvalue weighted by Gasteiger charge is 2.26. The summed E-state index contributed by atoms with van der Waals surface area (Å²) >= 11 is 0. The molecule has 0 bridgehead atoms. The van der Waals surface area contributed by atoms with Crippen molar-refractivity contribution < 1.29 is 22.8 Å². The summed E-state index contributed by atoms with van der Waals surface area (Å²) in [6.07, 6.45) is 0. The Morgan fingerprint density at radius 1 is 0.786 bits per heavy atom. The van der Waals surface area contributed by atoms with Crippen molar-refractivity contribution in [2.75, 3.05) is 0 Å². The highest BCUT2D eigenvalue weighted by Crippen LogP contribution is 2.05. The van der Waals surface area contributed by atoms with Crippen LogP contribution in [0, 0.1) is 0 Å². The van der Waals surface area contributed by atoms with Crippen LogP contribution in [0.4, 0.5) is 0 Å². The van der Waals surface area contributed by atoms with Gasteiger partial charge in [-0.15, -0.1) is 0 Å². The third-order valence-electron chi connectivity index (χ3n) is 0.719. The minimum absolute atomic E-state index is 1.82. The first-order valence-corrected chi connectivity index (χ1v) is 12.4. The van der Waals surface area contributed by atoms with Gasteiger partial charge < -0.3 is 9.15 Å². The lowest BCUT2D eigenvalue weighted by Gasteiger charge is -2.17. The van der Waals surface area contributed by atoms with Crippen molar-refractivity contribution in [3.8, 4) is 0 Å². The van der Waals surface area contributed by atoms with Crippen molar-refractivity contribution in [2.45, 2.75) is 39.3 Å². The summed E-state index contributed by atoms with van der Waals surface area (Å²) in [5.41, 5.74) is 0. The Balaban J connectivity index is 3.68. The van der Waals surface area contributed by atoms with Gasteiger partial charge >= 0.3 is 9.17 Å². The van der Waals surface area contributed by atoms with E-state index in [1.807, 2.05) is 39.3 Å². The predicted molar refractivity (Wildman–Crippen MR) is 57.5 cm³/mol. The minimum atomic E-state index is -2.68. The second-order valence-corrected chi connectivity index (χ2v) is 14.4. The van der Waals surface area contributed by atoms with Crippen molar-refractivity contribution in [3.63, 3.8) is 0 Å². The lowest BCUT2D eigenvalue weighted by molar-refractivity contribution is -0.205. The van der Waals surface area contributed by atoms with Gasteiger partial charge in [-0.2, -0.15) is 0 Å². The summed E-state index contributed by atoms with van der Waals surface area (Å²) in [4.78, 5) is 0. The van der Waals surface area contributed by atoms with Gasteiger partial charge in [0.15, 0.2) is 0 Å². The van der Waals surface area contributed by atoms with Crippen LogP contribution in [0.3, 0.4) is 0 Å². The summed E-state index contributed by atoms with van der Waals surface area (Å²) in [5, 5.41) is 0. The number of hydrogen-bond donors (Lipinski definition) is 0. The summed E-state index contributed by atoms with van der Waals surface area (Å²) < 4.78 is 30.1. The van der Waals surface area contributed by atoms with Crippen LogP contribution in [0.15, 0.2) is 0 Å². The minimum Gasteiger partial charge on any atom is -0.339 e. The molecule has 0 rings (SSSR count). The largest absolute Gasteiger partial charge is 0.833 e. The molecule has 0 aromatic heterocycles. The maximum atomic E-state index is 11.1. The molecule has 0 saturated carbocycles. The third kappa shape index (κ3) is 10.1. The first kappa shape index (κ1) is 14.0. The zero-order chi connectivity index (χ0) is 11.4. The van der Waals surface area contributed by atoms with Gasteiger partial charge in [0.05, 0.1) is 0 Å². The van der Waals surface area contributed by atoms with Crippen molar-refractivity contribution in [1.82, 2.24) is 0 Å². The summed E-state index contributed by atoms with van der Waals surface area (Å²) in [7, 11) is -6.31. The highest BCUT2D eigenvalue weighted by atomic mass is 28.4. The standard InChI is InChI=1S/C6H18O5Si3/c1-13(2,3)10-8-12(7)9-11-14(4,5)6/h1-6H3. The predicted octanol–water partition coefficient (Wildman–Crippen LogP) is 1.97. The lowest BCUT2D eigenvalue weighted by Crippen LogP contribution is -2.32. The van der Waals surface area contributed by atoms with E-state index in [0.29, 0.717) is 0 Å². The zero-order valence-electron chi connectivity index (χ0n) is 9.54. The van der Waals surface area contributed by atoms with Crippen LogP contribution in [-0.2, 0) is 22.8 Å².